The van der Waals surface area contributed by atoms with Gasteiger partial charge in [-0.15, -0.1) is 0 Å². The van der Waals surface area contributed by atoms with E-state index in [9.17, 15) is 14.4 Å². The highest BCUT2D eigenvalue weighted by Gasteiger charge is 2.45. The van der Waals surface area contributed by atoms with Gasteiger partial charge in [-0.25, -0.2) is 4.79 Å². The minimum absolute atomic E-state index is 0.0127. The molecule has 0 aromatic rings. The van der Waals surface area contributed by atoms with Gasteiger partial charge in [0.25, 0.3) is 0 Å². The van der Waals surface area contributed by atoms with E-state index in [4.69, 9.17) is 4.74 Å². The molecule has 2 aliphatic rings. The van der Waals surface area contributed by atoms with Crippen molar-refractivity contribution in [1.82, 2.24) is 10.2 Å². The first-order valence-corrected chi connectivity index (χ1v) is 10.3. The van der Waals surface area contributed by atoms with E-state index in [2.05, 4.69) is 19.2 Å². The molecule has 1 saturated heterocycles. The predicted octanol–water partition coefficient (Wildman–Crippen LogP) is 3.53. The molecule has 0 spiro atoms. The lowest BCUT2D eigenvalue weighted by Crippen LogP contribution is -2.55. The number of hydrogen-bond donors (Lipinski definition) is 1. The molecule has 1 heterocycles. The van der Waals surface area contributed by atoms with Gasteiger partial charge in [0.2, 0.25) is 5.91 Å². The van der Waals surface area contributed by atoms with E-state index in [1.165, 1.54) is 6.42 Å². The third-order valence-electron chi connectivity index (χ3n) is 5.68. The molecule has 1 aliphatic heterocycles. The summed E-state index contributed by atoms with van der Waals surface area (Å²) < 4.78 is 5.27. The lowest BCUT2D eigenvalue weighted by Gasteiger charge is -2.34. The number of nitrogens with zero attached hydrogens (tertiary/aromatic N) is 1. The number of hydrogen-bond acceptors (Lipinski definition) is 4. The molecule has 27 heavy (non-hydrogen) atoms. The van der Waals surface area contributed by atoms with Gasteiger partial charge in [-0.2, -0.15) is 0 Å². The summed E-state index contributed by atoms with van der Waals surface area (Å²) in [5.74, 6) is 0.225. The number of Topliss-reactive ketones (excluding diaryl/α,β-unsaturated/α-hetero) is 1. The lowest BCUT2D eigenvalue weighted by atomic mass is 9.83. The number of carbonyl (C=O) groups excluding carboxylic acids is 3. The first-order valence-electron chi connectivity index (χ1n) is 10.3. The molecule has 0 aromatic heterocycles. The van der Waals surface area contributed by atoms with Crippen LogP contribution < -0.4 is 5.32 Å². The Bertz CT molecular complexity index is 552. The van der Waals surface area contributed by atoms with Crippen molar-refractivity contribution in [2.24, 2.45) is 17.3 Å². The summed E-state index contributed by atoms with van der Waals surface area (Å²) >= 11 is 0. The molecule has 2 rings (SSSR count). The molecule has 0 aromatic carbocycles. The smallest absolute Gasteiger partial charge is 0.407 e. The van der Waals surface area contributed by atoms with Gasteiger partial charge in [0, 0.05) is 6.54 Å². The van der Waals surface area contributed by atoms with Crippen molar-refractivity contribution in [2.75, 3.05) is 13.2 Å². The fourth-order valence-corrected chi connectivity index (χ4v) is 4.30. The van der Waals surface area contributed by atoms with Crippen LogP contribution in [0.15, 0.2) is 0 Å². The molecular weight excluding hydrogens is 344 g/mol. The van der Waals surface area contributed by atoms with Crippen molar-refractivity contribution in [3.8, 4) is 0 Å². The first-order chi connectivity index (χ1) is 12.6. The number of carbonyl (C=O) groups is 3. The quantitative estimate of drug-likeness (QED) is 0.765. The van der Waals surface area contributed by atoms with Gasteiger partial charge in [0.05, 0.1) is 12.6 Å². The average molecular weight is 381 g/mol. The van der Waals surface area contributed by atoms with Crippen LogP contribution in [0.1, 0.15) is 73.1 Å². The second-order valence-corrected chi connectivity index (χ2v) is 9.47. The maximum atomic E-state index is 13.4. The van der Waals surface area contributed by atoms with Crippen molar-refractivity contribution in [3.63, 3.8) is 0 Å². The molecule has 1 N–H and O–H groups in total. The topological polar surface area (TPSA) is 75.7 Å². The van der Waals surface area contributed by atoms with Gasteiger partial charge < -0.3 is 15.0 Å². The standard InChI is InChI=1S/C21H36N2O4/c1-14(2)12-27-20(26)22-18(16-9-7-6-8-10-16)19(25)23-13-21(4,5)11-17(23)15(3)24/h14,16-18H,6-13H2,1-5H3,(H,22,26). The molecule has 0 radical (unpaired) electrons. The zero-order valence-corrected chi connectivity index (χ0v) is 17.5. The Morgan fingerprint density at radius 3 is 2.33 bits per heavy atom. The minimum atomic E-state index is -0.610. The monoisotopic (exact) mass is 380 g/mol. The number of amides is 2. The number of ether oxygens (including phenoxy) is 1. The Morgan fingerprint density at radius 2 is 1.78 bits per heavy atom. The molecule has 1 aliphatic carbocycles. The van der Waals surface area contributed by atoms with E-state index in [-0.39, 0.29) is 28.9 Å². The van der Waals surface area contributed by atoms with Crippen molar-refractivity contribution >= 4 is 17.8 Å². The van der Waals surface area contributed by atoms with Crippen molar-refractivity contribution in [2.45, 2.75) is 85.2 Å². The molecule has 0 bridgehead atoms. The van der Waals surface area contributed by atoms with E-state index < -0.39 is 18.2 Å². The highest BCUT2D eigenvalue weighted by Crippen LogP contribution is 2.36. The van der Waals surface area contributed by atoms with Crippen LogP contribution >= 0.6 is 0 Å². The van der Waals surface area contributed by atoms with Gasteiger partial charge in [-0.1, -0.05) is 47.0 Å². The molecule has 1 saturated carbocycles. The number of rotatable bonds is 6. The molecule has 2 atom stereocenters. The van der Waals surface area contributed by atoms with Crippen LogP contribution in [0.4, 0.5) is 4.79 Å². The molecule has 154 valence electrons. The molecule has 6 heteroatoms. The fraction of sp³-hybridized carbons (Fsp3) is 0.857. The van der Waals surface area contributed by atoms with Gasteiger partial charge in [-0.3, -0.25) is 9.59 Å². The average Bonchev–Trinajstić information content (AvgIpc) is 2.94. The number of likely N-dealkylation sites (tertiary alicyclic amines) is 1. The Kier molecular flexibility index (Phi) is 7.29. The molecular formula is C21H36N2O4. The van der Waals surface area contributed by atoms with E-state index in [1.807, 2.05) is 13.8 Å². The Morgan fingerprint density at radius 1 is 1.15 bits per heavy atom. The predicted molar refractivity (Wildman–Crippen MR) is 104 cm³/mol. The van der Waals surface area contributed by atoms with E-state index in [0.29, 0.717) is 19.6 Å². The second kappa shape index (κ2) is 9.07. The first kappa shape index (κ1) is 21.7. The second-order valence-electron chi connectivity index (χ2n) is 9.47. The van der Waals surface area contributed by atoms with Gasteiger partial charge in [0.15, 0.2) is 5.78 Å². The van der Waals surface area contributed by atoms with Crippen LogP contribution in [0.2, 0.25) is 0 Å². The third-order valence-corrected chi connectivity index (χ3v) is 5.68. The maximum absolute atomic E-state index is 13.4. The van der Waals surface area contributed by atoms with Gasteiger partial charge in [-0.05, 0) is 43.4 Å². The normalized spacial score (nSPS) is 23.9. The Labute approximate surface area is 163 Å². The fourth-order valence-electron chi connectivity index (χ4n) is 4.30. The third kappa shape index (κ3) is 5.94. The van der Waals surface area contributed by atoms with Gasteiger partial charge >= 0.3 is 6.09 Å². The Hall–Kier alpha value is -1.59. The van der Waals surface area contributed by atoms with Crippen LogP contribution in [0.25, 0.3) is 0 Å². The summed E-state index contributed by atoms with van der Waals surface area (Å²) in [6.07, 6.45) is 5.28. The summed E-state index contributed by atoms with van der Waals surface area (Å²) in [4.78, 5) is 39.6. The largest absolute Gasteiger partial charge is 0.449 e. The van der Waals surface area contributed by atoms with Crippen LogP contribution in [0.5, 0.6) is 0 Å². The SMILES string of the molecule is CC(=O)C1CC(C)(C)CN1C(=O)C(NC(=O)OCC(C)C)C1CCCCC1. The van der Waals surface area contributed by atoms with E-state index >= 15 is 0 Å². The molecule has 2 amide bonds. The zero-order chi connectivity index (χ0) is 20.2. The van der Waals surface area contributed by atoms with Crippen LogP contribution in [-0.4, -0.2) is 47.9 Å². The van der Waals surface area contributed by atoms with Crippen molar-refractivity contribution < 1.29 is 19.1 Å². The summed E-state index contributed by atoms with van der Waals surface area (Å²) in [6, 6.07) is -1.01. The summed E-state index contributed by atoms with van der Waals surface area (Å²) in [5.41, 5.74) is -0.0960. The van der Waals surface area contributed by atoms with Crippen LogP contribution in [0.3, 0.4) is 0 Å². The number of ketones is 1. The van der Waals surface area contributed by atoms with E-state index in [1.54, 1.807) is 11.8 Å². The highest BCUT2D eigenvalue weighted by atomic mass is 16.5. The maximum Gasteiger partial charge on any atom is 0.407 e. The summed E-state index contributed by atoms with van der Waals surface area (Å²) in [6.45, 7) is 10.5. The number of nitrogens with one attached hydrogen (secondary N) is 1. The zero-order valence-electron chi connectivity index (χ0n) is 17.5. The molecule has 2 fully saturated rings. The molecule has 2 unspecified atom stereocenters. The summed E-state index contributed by atoms with van der Waals surface area (Å²) in [7, 11) is 0. The highest BCUT2D eigenvalue weighted by molar-refractivity contribution is 5.92. The lowest BCUT2D eigenvalue weighted by molar-refractivity contribution is -0.140. The Balaban J connectivity index is 2.16. The van der Waals surface area contributed by atoms with Crippen molar-refractivity contribution in [3.05, 3.63) is 0 Å². The number of alkyl carbamates (subject to hydrolysis) is 1. The molecule has 6 nitrogen and oxygen atoms in total. The van der Waals surface area contributed by atoms with Crippen molar-refractivity contribution in [1.29, 1.82) is 0 Å². The minimum Gasteiger partial charge on any atom is -0.449 e. The van der Waals surface area contributed by atoms with Crippen LogP contribution in [-0.2, 0) is 14.3 Å². The van der Waals surface area contributed by atoms with E-state index in [0.717, 1.165) is 25.7 Å². The van der Waals surface area contributed by atoms with Gasteiger partial charge in [0.1, 0.15) is 6.04 Å². The summed E-state index contributed by atoms with van der Waals surface area (Å²) in [5, 5.41) is 2.84. The van der Waals surface area contributed by atoms with Crippen LogP contribution in [0, 0.1) is 17.3 Å².